The van der Waals surface area contributed by atoms with E-state index in [1.165, 1.54) is 22.8 Å². The van der Waals surface area contributed by atoms with E-state index in [4.69, 9.17) is 5.11 Å². The number of halogens is 1. The summed E-state index contributed by atoms with van der Waals surface area (Å²) in [4.78, 5) is 11.0. The van der Waals surface area contributed by atoms with Crippen LogP contribution in [0.15, 0.2) is 24.3 Å². The van der Waals surface area contributed by atoms with Gasteiger partial charge in [0, 0.05) is 7.05 Å². The topological polar surface area (TPSA) is 80.0 Å². The van der Waals surface area contributed by atoms with Crippen LogP contribution in [0, 0.1) is 5.82 Å². The first-order valence-corrected chi connectivity index (χ1v) is 4.76. The number of anilines is 1. The number of aromatic carboxylic acids is 1. The quantitative estimate of drug-likeness (QED) is 0.835. The number of rotatable bonds is 3. The Bertz CT molecular complexity index is 567. The molecule has 88 valence electrons. The first kappa shape index (κ1) is 11.1. The highest BCUT2D eigenvalue weighted by molar-refractivity contribution is 5.84. The lowest BCUT2D eigenvalue weighted by atomic mass is 10.3. The number of nitrogens with zero attached hydrogens (tertiary/aromatic N) is 3. The molecule has 17 heavy (non-hydrogen) atoms. The van der Waals surface area contributed by atoms with Gasteiger partial charge in [-0.2, -0.15) is 0 Å². The Labute approximate surface area is 95.7 Å². The predicted molar refractivity (Wildman–Crippen MR) is 57.8 cm³/mol. The van der Waals surface area contributed by atoms with E-state index in [1.54, 1.807) is 13.1 Å². The maximum Gasteiger partial charge on any atom is 0.374 e. The molecule has 2 N–H and O–H groups in total. The minimum Gasteiger partial charge on any atom is -0.475 e. The summed E-state index contributed by atoms with van der Waals surface area (Å²) in [5.74, 6) is -1.74. The monoisotopic (exact) mass is 236 g/mol. The fraction of sp³-hybridized carbons (Fsp3) is 0.100. The molecule has 2 aromatic rings. The van der Waals surface area contributed by atoms with Crippen molar-refractivity contribution in [1.82, 2.24) is 14.8 Å². The zero-order valence-corrected chi connectivity index (χ0v) is 8.88. The number of hydrogen-bond donors (Lipinski definition) is 2. The number of carbonyl (C=O) groups is 1. The van der Waals surface area contributed by atoms with Crippen molar-refractivity contribution in [3.05, 3.63) is 35.9 Å². The Kier molecular flexibility index (Phi) is 2.73. The number of hydrogen-bond acceptors (Lipinski definition) is 4. The SMILES string of the molecule is CNc1nnc(C(=O)O)n1-c1cccc(F)c1. The Balaban J connectivity index is 2.64. The fourth-order valence-corrected chi connectivity index (χ4v) is 1.44. The third-order valence-electron chi connectivity index (χ3n) is 2.14. The van der Waals surface area contributed by atoms with Crippen molar-refractivity contribution in [2.45, 2.75) is 0 Å². The second kappa shape index (κ2) is 4.20. The molecule has 2 rings (SSSR count). The van der Waals surface area contributed by atoms with Crippen LogP contribution in [0.4, 0.5) is 10.3 Å². The highest BCUT2D eigenvalue weighted by Gasteiger charge is 2.18. The van der Waals surface area contributed by atoms with Crippen LogP contribution in [0.1, 0.15) is 10.6 Å². The largest absolute Gasteiger partial charge is 0.475 e. The average molecular weight is 236 g/mol. The zero-order chi connectivity index (χ0) is 12.4. The molecular weight excluding hydrogens is 227 g/mol. The molecule has 0 fully saturated rings. The van der Waals surface area contributed by atoms with Gasteiger partial charge in [0.1, 0.15) is 5.82 Å². The number of carboxylic acid groups (broad SMARTS) is 1. The second-order valence-electron chi connectivity index (χ2n) is 3.22. The van der Waals surface area contributed by atoms with Gasteiger partial charge in [-0.05, 0) is 18.2 Å². The van der Waals surface area contributed by atoms with Gasteiger partial charge in [-0.3, -0.25) is 4.57 Å². The smallest absolute Gasteiger partial charge is 0.374 e. The third-order valence-corrected chi connectivity index (χ3v) is 2.14. The van der Waals surface area contributed by atoms with Crippen LogP contribution in [0.25, 0.3) is 5.69 Å². The van der Waals surface area contributed by atoms with E-state index in [0.29, 0.717) is 5.69 Å². The molecule has 6 nitrogen and oxygen atoms in total. The fourth-order valence-electron chi connectivity index (χ4n) is 1.44. The molecule has 0 amide bonds. The van der Waals surface area contributed by atoms with E-state index < -0.39 is 11.8 Å². The summed E-state index contributed by atoms with van der Waals surface area (Å²) < 4.78 is 14.3. The molecule has 7 heteroatoms. The molecular formula is C10H9FN4O2. The summed E-state index contributed by atoms with van der Waals surface area (Å²) in [6, 6.07) is 5.53. The number of nitrogens with one attached hydrogen (secondary N) is 1. The molecule has 0 bridgehead atoms. The standard InChI is InChI=1S/C10H9FN4O2/c1-12-10-14-13-8(9(16)17)15(10)7-4-2-3-6(11)5-7/h2-5H,1H3,(H,12,14)(H,16,17). The van der Waals surface area contributed by atoms with Gasteiger partial charge in [0.25, 0.3) is 0 Å². The molecule has 1 heterocycles. The van der Waals surface area contributed by atoms with Gasteiger partial charge in [-0.1, -0.05) is 6.07 Å². The van der Waals surface area contributed by atoms with Gasteiger partial charge >= 0.3 is 5.97 Å². The predicted octanol–water partition coefficient (Wildman–Crippen LogP) is 1.15. The van der Waals surface area contributed by atoms with Gasteiger partial charge in [0.2, 0.25) is 11.8 Å². The molecule has 0 atom stereocenters. The van der Waals surface area contributed by atoms with E-state index in [0.717, 1.165) is 0 Å². The lowest BCUT2D eigenvalue weighted by Crippen LogP contribution is -2.10. The first-order valence-electron chi connectivity index (χ1n) is 4.76. The Morgan fingerprint density at radius 2 is 2.24 bits per heavy atom. The van der Waals surface area contributed by atoms with E-state index in [2.05, 4.69) is 15.5 Å². The molecule has 0 radical (unpaired) electrons. The van der Waals surface area contributed by atoms with Crippen molar-refractivity contribution in [2.75, 3.05) is 12.4 Å². The van der Waals surface area contributed by atoms with Crippen molar-refractivity contribution in [1.29, 1.82) is 0 Å². The summed E-state index contributed by atoms with van der Waals surface area (Å²) in [5, 5.41) is 18.8. The van der Waals surface area contributed by atoms with Crippen LogP contribution >= 0.6 is 0 Å². The molecule has 0 spiro atoms. The Hall–Kier alpha value is -2.44. The van der Waals surface area contributed by atoms with Crippen LogP contribution in [0.2, 0.25) is 0 Å². The lowest BCUT2D eigenvalue weighted by molar-refractivity contribution is 0.0681. The summed E-state index contributed by atoms with van der Waals surface area (Å²) in [5.41, 5.74) is 0.344. The second-order valence-corrected chi connectivity index (χ2v) is 3.22. The van der Waals surface area contributed by atoms with E-state index in [1.807, 2.05) is 0 Å². The number of aromatic nitrogens is 3. The van der Waals surface area contributed by atoms with E-state index >= 15 is 0 Å². The van der Waals surface area contributed by atoms with Crippen LogP contribution in [0.3, 0.4) is 0 Å². The van der Waals surface area contributed by atoms with Crippen molar-refractivity contribution in [2.24, 2.45) is 0 Å². The van der Waals surface area contributed by atoms with Crippen LogP contribution in [-0.2, 0) is 0 Å². The molecule has 1 aromatic carbocycles. The van der Waals surface area contributed by atoms with Gasteiger partial charge in [0.05, 0.1) is 5.69 Å². The van der Waals surface area contributed by atoms with Crippen molar-refractivity contribution in [3.8, 4) is 5.69 Å². The van der Waals surface area contributed by atoms with Gasteiger partial charge in [0.15, 0.2) is 0 Å². The minimum atomic E-state index is -1.23. The molecule has 0 aliphatic heterocycles. The van der Waals surface area contributed by atoms with Gasteiger partial charge < -0.3 is 10.4 Å². The normalized spacial score (nSPS) is 10.2. The first-order chi connectivity index (χ1) is 8.13. The van der Waals surface area contributed by atoms with Crippen LogP contribution in [-0.4, -0.2) is 32.9 Å². The van der Waals surface area contributed by atoms with Crippen LogP contribution < -0.4 is 5.32 Å². The summed E-state index contributed by atoms with van der Waals surface area (Å²) in [6.07, 6.45) is 0. The van der Waals surface area contributed by atoms with Crippen LogP contribution in [0.5, 0.6) is 0 Å². The number of benzene rings is 1. The Morgan fingerprint density at radius 1 is 1.47 bits per heavy atom. The molecule has 0 aliphatic rings. The van der Waals surface area contributed by atoms with Crippen molar-refractivity contribution < 1.29 is 14.3 Å². The Morgan fingerprint density at radius 3 is 2.82 bits per heavy atom. The van der Waals surface area contributed by atoms with Crippen molar-refractivity contribution in [3.63, 3.8) is 0 Å². The molecule has 1 aromatic heterocycles. The molecule has 0 saturated carbocycles. The van der Waals surface area contributed by atoms with Gasteiger partial charge in [-0.15, -0.1) is 10.2 Å². The minimum absolute atomic E-state index is 0.230. The highest BCUT2D eigenvalue weighted by Crippen LogP contribution is 2.17. The average Bonchev–Trinajstić information content (AvgIpc) is 2.72. The van der Waals surface area contributed by atoms with Crippen molar-refractivity contribution >= 4 is 11.9 Å². The maximum absolute atomic E-state index is 13.1. The molecule has 0 aliphatic carbocycles. The molecule has 0 unspecified atom stereocenters. The lowest BCUT2D eigenvalue weighted by Gasteiger charge is -2.07. The van der Waals surface area contributed by atoms with E-state index in [9.17, 15) is 9.18 Å². The zero-order valence-electron chi connectivity index (χ0n) is 8.88. The summed E-state index contributed by atoms with van der Waals surface area (Å²) in [6.45, 7) is 0. The maximum atomic E-state index is 13.1. The molecule has 0 saturated heterocycles. The highest BCUT2D eigenvalue weighted by atomic mass is 19.1. The summed E-state index contributed by atoms with van der Waals surface area (Å²) in [7, 11) is 1.57. The number of carboxylic acids is 1. The summed E-state index contributed by atoms with van der Waals surface area (Å²) >= 11 is 0. The van der Waals surface area contributed by atoms with Gasteiger partial charge in [-0.25, -0.2) is 9.18 Å². The third kappa shape index (κ3) is 1.94. The van der Waals surface area contributed by atoms with E-state index in [-0.39, 0.29) is 11.8 Å².